The number of rotatable bonds is 4. The Balaban J connectivity index is 1.99. The second-order valence-corrected chi connectivity index (χ2v) is 5.90. The summed E-state index contributed by atoms with van der Waals surface area (Å²) in [6, 6.07) is 7.33. The van der Waals surface area contributed by atoms with Gasteiger partial charge in [0, 0.05) is 16.4 Å². The Morgan fingerprint density at radius 2 is 1.91 bits per heavy atom. The van der Waals surface area contributed by atoms with E-state index < -0.39 is 11.9 Å². The van der Waals surface area contributed by atoms with Crippen LogP contribution < -0.4 is 5.32 Å². The summed E-state index contributed by atoms with van der Waals surface area (Å²) in [4.78, 5) is 19.1. The van der Waals surface area contributed by atoms with Gasteiger partial charge in [-0.1, -0.05) is 23.4 Å². The third-order valence-corrected chi connectivity index (χ3v) is 3.68. The fourth-order valence-corrected chi connectivity index (χ4v) is 2.44. The number of amides is 1. The van der Waals surface area contributed by atoms with Gasteiger partial charge in [-0.2, -0.15) is 13.2 Å². The molecular formula is C14H11ClF3N3OS. The molecule has 23 heavy (non-hydrogen) atoms. The maximum Gasteiger partial charge on any atom is 0.433 e. The number of hydrogen-bond acceptors (Lipinski definition) is 4. The van der Waals surface area contributed by atoms with Crippen LogP contribution in [-0.2, 0) is 11.0 Å². The largest absolute Gasteiger partial charge is 0.433 e. The van der Waals surface area contributed by atoms with Crippen molar-refractivity contribution in [3.63, 3.8) is 0 Å². The molecule has 122 valence electrons. The van der Waals surface area contributed by atoms with Gasteiger partial charge in [0.2, 0.25) is 5.91 Å². The topological polar surface area (TPSA) is 54.9 Å². The molecule has 1 heterocycles. The summed E-state index contributed by atoms with van der Waals surface area (Å²) in [5.41, 5.74) is -0.292. The molecule has 0 radical (unpaired) electrons. The zero-order valence-corrected chi connectivity index (χ0v) is 13.4. The Morgan fingerprint density at radius 1 is 1.26 bits per heavy atom. The number of carbonyl (C=O) groups is 1. The van der Waals surface area contributed by atoms with Gasteiger partial charge in [-0.25, -0.2) is 9.97 Å². The van der Waals surface area contributed by atoms with Gasteiger partial charge in [-0.05, 0) is 37.3 Å². The van der Waals surface area contributed by atoms with E-state index in [1.807, 2.05) is 0 Å². The van der Waals surface area contributed by atoms with Crippen molar-refractivity contribution < 1.29 is 18.0 Å². The van der Waals surface area contributed by atoms with Gasteiger partial charge in [0.05, 0.1) is 5.75 Å². The highest BCUT2D eigenvalue weighted by Gasteiger charge is 2.33. The van der Waals surface area contributed by atoms with Crippen LogP contribution in [0.3, 0.4) is 0 Å². The lowest BCUT2D eigenvalue weighted by atomic mass is 10.3. The number of nitrogens with zero attached hydrogens (tertiary/aromatic N) is 2. The monoisotopic (exact) mass is 361 g/mol. The first kappa shape index (κ1) is 17.6. The highest BCUT2D eigenvalue weighted by molar-refractivity contribution is 7.99. The maximum atomic E-state index is 12.7. The van der Waals surface area contributed by atoms with Crippen LogP contribution in [0.1, 0.15) is 11.4 Å². The number of carbonyl (C=O) groups excluding carboxylic acids is 1. The fourth-order valence-electron chi connectivity index (χ4n) is 1.61. The third kappa shape index (κ3) is 5.40. The summed E-state index contributed by atoms with van der Waals surface area (Å²) in [6.07, 6.45) is -4.55. The van der Waals surface area contributed by atoms with Crippen molar-refractivity contribution in [3.8, 4) is 0 Å². The van der Waals surface area contributed by atoms with Crippen LogP contribution >= 0.6 is 23.4 Å². The summed E-state index contributed by atoms with van der Waals surface area (Å²) in [7, 11) is 0. The zero-order valence-electron chi connectivity index (χ0n) is 11.8. The molecule has 2 rings (SSSR count). The Hall–Kier alpha value is -1.80. The van der Waals surface area contributed by atoms with Gasteiger partial charge in [-0.3, -0.25) is 4.79 Å². The standard InChI is InChI=1S/C14H11ClF3N3OS/c1-8-6-11(14(16,17)18)21-13(19-8)23-7-12(22)20-10-4-2-9(15)3-5-10/h2-6H,7H2,1H3,(H,20,22). The predicted molar refractivity (Wildman–Crippen MR) is 82.6 cm³/mol. The molecule has 0 aliphatic rings. The summed E-state index contributed by atoms with van der Waals surface area (Å²) in [6.45, 7) is 1.44. The highest BCUT2D eigenvalue weighted by atomic mass is 35.5. The van der Waals surface area contributed by atoms with Crippen molar-refractivity contribution in [1.82, 2.24) is 9.97 Å². The van der Waals surface area contributed by atoms with Crippen molar-refractivity contribution in [3.05, 3.63) is 46.7 Å². The molecule has 2 aromatic rings. The molecular weight excluding hydrogens is 351 g/mol. The number of hydrogen-bond donors (Lipinski definition) is 1. The van der Waals surface area contributed by atoms with E-state index in [9.17, 15) is 18.0 Å². The fraction of sp³-hybridized carbons (Fsp3) is 0.214. The SMILES string of the molecule is Cc1cc(C(F)(F)F)nc(SCC(=O)Nc2ccc(Cl)cc2)n1. The van der Waals surface area contributed by atoms with Crippen molar-refractivity contribution in [1.29, 1.82) is 0 Å². The van der Waals surface area contributed by atoms with E-state index in [4.69, 9.17) is 11.6 Å². The molecule has 0 unspecified atom stereocenters. The molecule has 0 spiro atoms. The van der Waals surface area contributed by atoms with E-state index in [0.29, 0.717) is 10.7 Å². The maximum absolute atomic E-state index is 12.7. The van der Waals surface area contributed by atoms with Crippen molar-refractivity contribution >= 4 is 35.0 Å². The minimum Gasteiger partial charge on any atom is -0.325 e. The first-order chi connectivity index (χ1) is 10.7. The zero-order chi connectivity index (χ0) is 17.0. The number of aromatic nitrogens is 2. The van der Waals surface area contributed by atoms with Crippen LogP contribution in [0.2, 0.25) is 5.02 Å². The van der Waals surface area contributed by atoms with Gasteiger partial charge >= 0.3 is 6.18 Å². The van der Waals surface area contributed by atoms with E-state index in [0.717, 1.165) is 17.8 Å². The smallest absolute Gasteiger partial charge is 0.325 e. The number of nitrogens with one attached hydrogen (secondary N) is 1. The number of benzene rings is 1. The third-order valence-electron chi connectivity index (χ3n) is 2.58. The minimum atomic E-state index is -4.55. The normalized spacial score (nSPS) is 11.3. The second-order valence-electron chi connectivity index (χ2n) is 4.52. The number of alkyl halides is 3. The summed E-state index contributed by atoms with van der Waals surface area (Å²) >= 11 is 6.57. The predicted octanol–water partition coefficient (Wildman–Crippen LogP) is 4.19. The number of aryl methyl sites for hydroxylation is 1. The molecule has 0 bridgehead atoms. The summed E-state index contributed by atoms with van der Waals surface area (Å²) in [5, 5.41) is 3.04. The van der Waals surface area contributed by atoms with Crippen LogP contribution in [0.4, 0.5) is 18.9 Å². The molecule has 0 saturated heterocycles. The Morgan fingerprint density at radius 3 is 2.52 bits per heavy atom. The molecule has 1 amide bonds. The van der Waals surface area contributed by atoms with Gasteiger partial charge in [-0.15, -0.1) is 0 Å². The lowest BCUT2D eigenvalue weighted by Gasteiger charge is -2.08. The Kier molecular flexibility index (Phi) is 5.48. The molecule has 0 atom stereocenters. The van der Waals surface area contributed by atoms with E-state index in [1.165, 1.54) is 6.92 Å². The van der Waals surface area contributed by atoms with Crippen molar-refractivity contribution in [2.75, 3.05) is 11.1 Å². The molecule has 0 aliphatic heterocycles. The molecule has 9 heteroatoms. The van der Waals surface area contributed by atoms with Crippen LogP contribution in [0.25, 0.3) is 0 Å². The van der Waals surface area contributed by atoms with Crippen molar-refractivity contribution in [2.24, 2.45) is 0 Å². The Bertz CT molecular complexity index is 707. The van der Waals surface area contributed by atoms with Crippen LogP contribution in [0, 0.1) is 6.92 Å². The second kappa shape index (κ2) is 7.18. The van der Waals surface area contributed by atoms with E-state index in [2.05, 4.69) is 15.3 Å². The van der Waals surface area contributed by atoms with Gasteiger partial charge in [0.15, 0.2) is 5.16 Å². The number of thioether (sulfide) groups is 1. The molecule has 1 N–H and O–H groups in total. The van der Waals surface area contributed by atoms with Gasteiger partial charge < -0.3 is 5.32 Å². The first-order valence-electron chi connectivity index (χ1n) is 6.35. The number of anilines is 1. The van der Waals surface area contributed by atoms with E-state index >= 15 is 0 Å². The van der Waals surface area contributed by atoms with Crippen molar-refractivity contribution in [2.45, 2.75) is 18.3 Å². The first-order valence-corrected chi connectivity index (χ1v) is 7.71. The summed E-state index contributed by atoms with van der Waals surface area (Å²) < 4.78 is 38.0. The molecule has 1 aromatic carbocycles. The van der Waals surface area contributed by atoms with Crippen LogP contribution in [0.15, 0.2) is 35.5 Å². The average Bonchev–Trinajstić information content (AvgIpc) is 2.46. The van der Waals surface area contributed by atoms with Gasteiger partial charge in [0.25, 0.3) is 0 Å². The summed E-state index contributed by atoms with van der Waals surface area (Å²) in [5.74, 6) is -0.486. The average molecular weight is 362 g/mol. The molecule has 0 fully saturated rings. The molecule has 1 aromatic heterocycles. The van der Waals surface area contributed by atoms with E-state index in [-0.39, 0.29) is 22.5 Å². The molecule has 4 nitrogen and oxygen atoms in total. The lowest BCUT2D eigenvalue weighted by molar-refractivity contribution is -0.141. The quantitative estimate of drug-likeness (QED) is 0.655. The molecule has 0 saturated carbocycles. The lowest BCUT2D eigenvalue weighted by Crippen LogP contribution is -2.15. The van der Waals surface area contributed by atoms with E-state index in [1.54, 1.807) is 24.3 Å². The molecule has 0 aliphatic carbocycles. The highest BCUT2D eigenvalue weighted by Crippen LogP contribution is 2.29. The van der Waals surface area contributed by atoms with Crippen LogP contribution in [0.5, 0.6) is 0 Å². The van der Waals surface area contributed by atoms with Gasteiger partial charge in [0.1, 0.15) is 5.69 Å². The number of halogens is 4. The van der Waals surface area contributed by atoms with Crippen LogP contribution in [-0.4, -0.2) is 21.6 Å². The Labute approximate surface area is 139 Å². The minimum absolute atomic E-state index is 0.0939.